The second-order valence-electron chi connectivity index (χ2n) is 2.99. The molecule has 0 aromatic heterocycles. The number of nitrogens with two attached hydrogens (primary N) is 1. The Bertz CT molecular complexity index is 197. The molecule has 0 spiro atoms. The topological polar surface area (TPSA) is 72.2 Å². The molecule has 0 heterocycles. The molecule has 4 nitrogen and oxygen atoms in total. The maximum atomic E-state index is 10.9. The van der Waals surface area contributed by atoms with Gasteiger partial charge >= 0.3 is 0 Å². The molecule has 0 aromatic rings. The molecule has 1 fully saturated rings. The first kappa shape index (κ1) is 8.04. The molecular weight excluding hydrogens is 144 g/mol. The predicted octanol–water partition coefficient (Wildman–Crippen LogP) is -0.612. The molecule has 1 saturated carbocycles. The first-order valence-electron chi connectivity index (χ1n) is 3.61. The Morgan fingerprint density at radius 2 is 2.09 bits per heavy atom. The van der Waals surface area contributed by atoms with E-state index >= 15 is 0 Å². The fraction of sp³-hybridized carbons (Fsp3) is 0.714. The molecule has 62 valence electrons. The average Bonchev–Trinajstić information content (AvgIpc) is 2.69. The summed E-state index contributed by atoms with van der Waals surface area (Å²) in [4.78, 5) is 21.6. The van der Waals surface area contributed by atoms with Crippen LogP contribution in [0.15, 0.2) is 0 Å². The smallest absolute Gasteiger partial charge is 0.224 e. The van der Waals surface area contributed by atoms with Gasteiger partial charge in [-0.25, -0.2) is 0 Å². The maximum absolute atomic E-state index is 10.9. The van der Waals surface area contributed by atoms with Gasteiger partial charge in [-0.3, -0.25) is 9.59 Å². The monoisotopic (exact) mass is 156 g/mol. The number of carbonyl (C=O) groups excluding carboxylic acids is 2. The highest BCUT2D eigenvalue weighted by atomic mass is 16.2. The van der Waals surface area contributed by atoms with Crippen molar-refractivity contribution in [2.24, 2.45) is 11.1 Å². The van der Waals surface area contributed by atoms with E-state index in [0.29, 0.717) is 0 Å². The van der Waals surface area contributed by atoms with Gasteiger partial charge in [0.2, 0.25) is 11.8 Å². The summed E-state index contributed by atoms with van der Waals surface area (Å²) in [6.45, 7) is 0. The number of amides is 2. The highest BCUT2D eigenvalue weighted by Gasteiger charge is 2.49. The number of hydrogen-bond acceptors (Lipinski definition) is 2. The Balaban J connectivity index is 2.48. The van der Waals surface area contributed by atoms with Crippen LogP contribution in [0.5, 0.6) is 0 Å². The summed E-state index contributed by atoms with van der Waals surface area (Å²) in [5, 5.41) is 2.47. The highest BCUT2D eigenvalue weighted by molar-refractivity contribution is 5.89. The lowest BCUT2D eigenvalue weighted by Crippen LogP contribution is -2.30. The lowest BCUT2D eigenvalue weighted by Gasteiger charge is -2.07. The molecule has 0 saturated heterocycles. The molecule has 0 atom stereocenters. The number of rotatable bonds is 3. The van der Waals surface area contributed by atoms with Gasteiger partial charge in [0.25, 0.3) is 0 Å². The lowest BCUT2D eigenvalue weighted by molar-refractivity contribution is -0.129. The van der Waals surface area contributed by atoms with Gasteiger partial charge in [0.15, 0.2) is 0 Å². The van der Waals surface area contributed by atoms with E-state index in [2.05, 4.69) is 5.32 Å². The summed E-state index contributed by atoms with van der Waals surface area (Å²) >= 11 is 0. The quantitative estimate of drug-likeness (QED) is 0.572. The van der Waals surface area contributed by atoms with E-state index in [0.717, 1.165) is 12.8 Å². The molecule has 0 radical (unpaired) electrons. The second kappa shape index (κ2) is 2.53. The van der Waals surface area contributed by atoms with Crippen LogP contribution in [0.2, 0.25) is 0 Å². The van der Waals surface area contributed by atoms with E-state index in [1.165, 1.54) is 0 Å². The van der Waals surface area contributed by atoms with Crippen LogP contribution < -0.4 is 11.1 Å². The zero-order valence-corrected chi connectivity index (χ0v) is 6.52. The van der Waals surface area contributed by atoms with Crippen molar-refractivity contribution in [3.8, 4) is 0 Å². The zero-order chi connectivity index (χ0) is 8.48. The standard InChI is InChI=1S/C7H12N2O2/c1-9-5(10)4-7(2-3-7)6(8)11/h2-4H2,1H3,(H2,8,11)(H,9,10). The van der Waals surface area contributed by atoms with E-state index in [1.807, 2.05) is 0 Å². The SMILES string of the molecule is CNC(=O)CC1(C(N)=O)CC1. The second-order valence-corrected chi connectivity index (χ2v) is 2.99. The Morgan fingerprint density at radius 1 is 1.55 bits per heavy atom. The third kappa shape index (κ3) is 1.50. The van der Waals surface area contributed by atoms with Crippen molar-refractivity contribution in [3.63, 3.8) is 0 Å². The molecule has 3 N–H and O–H groups in total. The average molecular weight is 156 g/mol. The minimum atomic E-state index is -0.500. The summed E-state index contributed by atoms with van der Waals surface area (Å²) in [5.41, 5.74) is 4.62. The van der Waals surface area contributed by atoms with Crippen molar-refractivity contribution >= 4 is 11.8 Å². The molecule has 1 rings (SSSR count). The van der Waals surface area contributed by atoms with Crippen molar-refractivity contribution in [2.75, 3.05) is 7.05 Å². The van der Waals surface area contributed by atoms with Crippen molar-refractivity contribution in [2.45, 2.75) is 19.3 Å². The van der Waals surface area contributed by atoms with E-state index in [9.17, 15) is 9.59 Å². The molecule has 0 bridgehead atoms. The van der Waals surface area contributed by atoms with Gasteiger partial charge in [0.05, 0.1) is 5.41 Å². The van der Waals surface area contributed by atoms with Crippen LogP contribution in [-0.4, -0.2) is 18.9 Å². The van der Waals surface area contributed by atoms with Crippen molar-refractivity contribution in [1.29, 1.82) is 0 Å². The fourth-order valence-corrected chi connectivity index (χ4v) is 1.06. The summed E-state index contributed by atoms with van der Waals surface area (Å²) in [6.07, 6.45) is 1.77. The predicted molar refractivity (Wildman–Crippen MR) is 39.5 cm³/mol. The maximum Gasteiger partial charge on any atom is 0.224 e. The normalized spacial score (nSPS) is 19.0. The Morgan fingerprint density at radius 3 is 2.36 bits per heavy atom. The number of nitrogens with one attached hydrogen (secondary N) is 1. The van der Waals surface area contributed by atoms with Gasteiger partial charge in [-0.2, -0.15) is 0 Å². The van der Waals surface area contributed by atoms with Gasteiger partial charge in [-0.1, -0.05) is 0 Å². The van der Waals surface area contributed by atoms with Gasteiger partial charge in [0.1, 0.15) is 0 Å². The molecule has 2 amide bonds. The van der Waals surface area contributed by atoms with Gasteiger partial charge in [-0.05, 0) is 12.8 Å². The van der Waals surface area contributed by atoms with Crippen LogP contribution >= 0.6 is 0 Å². The molecule has 1 aliphatic carbocycles. The summed E-state index contributed by atoms with van der Waals surface area (Å²) in [6, 6.07) is 0. The molecular formula is C7H12N2O2. The summed E-state index contributed by atoms with van der Waals surface area (Å²) < 4.78 is 0. The Labute approximate surface area is 65.1 Å². The van der Waals surface area contributed by atoms with Crippen molar-refractivity contribution in [1.82, 2.24) is 5.32 Å². The molecule has 0 aromatic carbocycles. The largest absolute Gasteiger partial charge is 0.369 e. The van der Waals surface area contributed by atoms with Gasteiger partial charge in [-0.15, -0.1) is 0 Å². The van der Waals surface area contributed by atoms with E-state index in [1.54, 1.807) is 7.05 Å². The summed E-state index contributed by atoms with van der Waals surface area (Å²) in [7, 11) is 1.55. The van der Waals surface area contributed by atoms with Gasteiger partial charge < -0.3 is 11.1 Å². The van der Waals surface area contributed by atoms with E-state index in [4.69, 9.17) is 5.73 Å². The Kier molecular flexibility index (Phi) is 1.85. The minimum Gasteiger partial charge on any atom is -0.369 e. The van der Waals surface area contributed by atoms with Crippen LogP contribution in [0, 0.1) is 5.41 Å². The zero-order valence-electron chi connectivity index (χ0n) is 6.52. The molecule has 0 aliphatic heterocycles. The minimum absolute atomic E-state index is 0.110. The Hall–Kier alpha value is -1.06. The van der Waals surface area contributed by atoms with Crippen LogP contribution in [-0.2, 0) is 9.59 Å². The lowest BCUT2D eigenvalue weighted by atomic mass is 10.0. The molecule has 4 heteroatoms. The molecule has 0 unspecified atom stereocenters. The number of hydrogen-bond donors (Lipinski definition) is 2. The number of primary amides is 1. The van der Waals surface area contributed by atoms with E-state index < -0.39 is 5.41 Å². The highest BCUT2D eigenvalue weighted by Crippen LogP contribution is 2.48. The molecule has 11 heavy (non-hydrogen) atoms. The van der Waals surface area contributed by atoms with E-state index in [-0.39, 0.29) is 18.2 Å². The first-order valence-corrected chi connectivity index (χ1v) is 3.61. The first-order chi connectivity index (χ1) is 5.10. The van der Waals surface area contributed by atoms with Crippen LogP contribution in [0.3, 0.4) is 0 Å². The van der Waals surface area contributed by atoms with Crippen molar-refractivity contribution < 1.29 is 9.59 Å². The van der Waals surface area contributed by atoms with Gasteiger partial charge in [0, 0.05) is 13.5 Å². The van der Waals surface area contributed by atoms with Crippen molar-refractivity contribution in [3.05, 3.63) is 0 Å². The third-order valence-electron chi connectivity index (χ3n) is 2.15. The summed E-state index contributed by atoms with van der Waals surface area (Å²) in [5.74, 6) is -0.456. The van der Waals surface area contributed by atoms with Crippen LogP contribution in [0.1, 0.15) is 19.3 Å². The molecule has 1 aliphatic rings. The van der Waals surface area contributed by atoms with Crippen LogP contribution in [0.4, 0.5) is 0 Å². The van der Waals surface area contributed by atoms with Crippen LogP contribution in [0.25, 0.3) is 0 Å². The number of carbonyl (C=O) groups is 2. The third-order valence-corrected chi connectivity index (χ3v) is 2.15. The fourth-order valence-electron chi connectivity index (χ4n) is 1.06.